The minimum absolute atomic E-state index is 0.112. The predicted octanol–water partition coefficient (Wildman–Crippen LogP) is 3.94. The molecular formula is C17H29NO2. The van der Waals surface area contributed by atoms with Crippen LogP contribution >= 0.6 is 0 Å². The Balaban J connectivity index is 3.06. The van der Waals surface area contributed by atoms with Gasteiger partial charge >= 0.3 is 0 Å². The molecule has 0 saturated heterocycles. The van der Waals surface area contributed by atoms with Gasteiger partial charge in [0, 0.05) is 12.7 Å². The Morgan fingerprint density at radius 2 is 1.85 bits per heavy atom. The van der Waals surface area contributed by atoms with E-state index in [-0.39, 0.29) is 11.6 Å². The summed E-state index contributed by atoms with van der Waals surface area (Å²) in [6.07, 6.45) is 2.10. The molecule has 1 N–H and O–H groups in total. The molecule has 0 saturated carbocycles. The summed E-state index contributed by atoms with van der Waals surface area (Å²) in [5.41, 5.74) is 0.877. The molecule has 0 aliphatic carbocycles. The lowest BCUT2D eigenvalue weighted by Gasteiger charge is -2.35. The summed E-state index contributed by atoms with van der Waals surface area (Å²) >= 11 is 0. The predicted molar refractivity (Wildman–Crippen MR) is 84.4 cm³/mol. The number of hydrogen-bond donors (Lipinski definition) is 1. The second-order valence-electron chi connectivity index (χ2n) is 5.58. The van der Waals surface area contributed by atoms with Gasteiger partial charge in [0.25, 0.3) is 0 Å². The highest BCUT2D eigenvalue weighted by atomic mass is 16.5. The molecule has 0 aliphatic heterocycles. The molecule has 0 heterocycles. The van der Waals surface area contributed by atoms with E-state index in [1.54, 1.807) is 7.11 Å². The Bertz CT molecular complexity index is 390. The largest absolute Gasteiger partial charge is 0.493 e. The van der Waals surface area contributed by atoms with Gasteiger partial charge in [0.1, 0.15) is 5.75 Å². The molecule has 1 aromatic rings. The standard InChI is InChI=1S/C17H29NO2/c1-6-12-18-16(17(3,4)19-5)14-10-8-9-11-15(14)20-13-7-2/h8-11,16,18H,6-7,12-13H2,1-5H3. The quantitative estimate of drug-likeness (QED) is 0.742. The van der Waals surface area contributed by atoms with E-state index in [1.807, 2.05) is 12.1 Å². The van der Waals surface area contributed by atoms with E-state index in [0.29, 0.717) is 0 Å². The van der Waals surface area contributed by atoms with Crippen LogP contribution in [0.15, 0.2) is 24.3 Å². The highest BCUT2D eigenvalue weighted by molar-refractivity contribution is 5.37. The van der Waals surface area contributed by atoms with Crippen molar-refractivity contribution in [2.24, 2.45) is 0 Å². The molecule has 114 valence electrons. The molecule has 1 unspecified atom stereocenters. The second kappa shape index (κ2) is 8.28. The van der Waals surface area contributed by atoms with Gasteiger partial charge in [-0.15, -0.1) is 0 Å². The zero-order valence-corrected chi connectivity index (χ0v) is 13.5. The smallest absolute Gasteiger partial charge is 0.124 e. The third kappa shape index (κ3) is 4.50. The van der Waals surface area contributed by atoms with Gasteiger partial charge in [-0.1, -0.05) is 32.0 Å². The minimum Gasteiger partial charge on any atom is -0.493 e. The maximum Gasteiger partial charge on any atom is 0.124 e. The molecule has 1 aromatic carbocycles. The number of methoxy groups -OCH3 is 1. The van der Waals surface area contributed by atoms with E-state index in [0.717, 1.165) is 31.7 Å². The lowest BCUT2D eigenvalue weighted by atomic mass is 9.90. The number of para-hydroxylation sites is 1. The zero-order chi connectivity index (χ0) is 15.0. The van der Waals surface area contributed by atoms with Crippen molar-refractivity contribution in [3.8, 4) is 5.75 Å². The second-order valence-corrected chi connectivity index (χ2v) is 5.58. The Hall–Kier alpha value is -1.06. The van der Waals surface area contributed by atoms with E-state index in [4.69, 9.17) is 9.47 Å². The number of ether oxygens (including phenoxy) is 2. The number of nitrogens with one attached hydrogen (secondary N) is 1. The normalized spacial score (nSPS) is 13.2. The average molecular weight is 279 g/mol. The van der Waals surface area contributed by atoms with Crippen molar-refractivity contribution in [1.29, 1.82) is 0 Å². The van der Waals surface area contributed by atoms with Gasteiger partial charge in [0.15, 0.2) is 0 Å². The molecule has 0 radical (unpaired) electrons. The van der Waals surface area contributed by atoms with Gasteiger partial charge in [-0.25, -0.2) is 0 Å². The number of rotatable bonds is 9. The fourth-order valence-electron chi connectivity index (χ4n) is 2.20. The van der Waals surface area contributed by atoms with Crippen molar-refractivity contribution < 1.29 is 9.47 Å². The summed E-state index contributed by atoms with van der Waals surface area (Å²) in [6.45, 7) is 10.2. The monoisotopic (exact) mass is 279 g/mol. The highest BCUT2D eigenvalue weighted by Gasteiger charge is 2.32. The van der Waals surface area contributed by atoms with E-state index in [1.165, 1.54) is 5.56 Å². The lowest BCUT2D eigenvalue weighted by Crippen LogP contribution is -2.41. The highest BCUT2D eigenvalue weighted by Crippen LogP contribution is 2.34. The minimum atomic E-state index is -0.291. The summed E-state index contributed by atoms with van der Waals surface area (Å²) < 4.78 is 11.6. The molecule has 0 aromatic heterocycles. The molecular weight excluding hydrogens is 250 g/mol. The van der Waals surface area contributed by atoms with Crippen molar-refractivity contribution >= 4 is 0 Å². The molecule has 0 amide bonds. The van der Waals surface area contributed by atoms with Gasteiger partial charge in [-0.3, -0.25) is 0 Å². The molecule has 0 aliphatic rings. The van der Waals surface area contributed by atoms with Crippen LogP contribution < -0.4 is 10.1 Å². The fraction of sp³-hybridized carbons (Fsp3) is 0.647. The molecule has 0 fully saturated rings. The van der Waals surface area contributed by atoms with Crippen molar-refractivity contribution in [3.63, 3.8) is 0 Å². The van der Waals surface area contributed by atoms with Crippen LogP contribution in [0.3, 0.4) is 0 Å². The average Bonchev–Trinajstić information content (AvgIpc) is 2.46. The molecule has 1 rings (SSSR count). The van der Waals surface area contributed by atoms with E-state index in [9.17, 15) is 0 Å². The summed E-state index contributed by atoms with van der Waals surface area (Å²) in [7, 11) is 1.76. The first-order chi connectivity index (χ1) is 9.56. The van der Waals surface area contributed by atoms with E-state index < -0.39 is 0 Å². The Morgan fingerprint density at radius 3 is 2.45 bits per heavy atom. The third-order valence-electron chi connectivity index (χ3n) is 3.51. The van der Waals surface area contributed by atoms with Crippen LogP contribution in [0.1, 0.15) is 52.1 Å². The van der Waals surface area contributed by atoms with Crippen LogP contribution in [0, 0.1) is 0 Å². The van der Waals surface area contributed by atoms with E-state index in [2.05, 4.69) is 45.1 Å². The molecule has 0 spiro atoms. The first-order valence-electron chi connectivity index (χ1n) is 7.57. The Labute approximate surface area is 123 Å². The van der Waals surface area contributed by atoms with Crippen LogP contribution in [0.2, 0.25) is 0 Å². The van der Waals surface area contributed by atoms with Crippen LogP contribution in [-0.2, 0) is 4.74 Å². The van der Waals surface area contributed by atoms with Crippen LogP contribution in [-0.4, -0.2) is 25.9 Å². The Morgan fingerprint density at radius 1 is 1.15 bits per heavy atom. The maximum atomic E-state index is 5.89. The van der Waals surface area contributed by atoms with Crippen LogP contribution in [0.4, 0.5) is 0 Å². The molecule has 3 nitrogen and oxygen atoms in total. The maximum absolute atomic E-state index is 5.89. The summed E-state index contributed by atoms with van der Waals surface area (Å²) in [4.78, 5) is 0. The Kier molecular flexibility index (Phi) is 7.03. The molecule has 20 heavy (non-hydrogen) atoms. The van der Waals surface area contributed by atoms with Crippen molar-refractivity contribution in [1.82, 2.24) is 5.32 Å². The van der Waals surface area contributed by atoms with Gasteiger partial charge in [-0.2, -0.15) is 0 Å². The molecule has 1 atom stereocenters. The van der Waals surface area contributed by atoms with Gasteiger partial charge in [0.05, 0.1) is 18.2 Å². The SMILES string of the molecule is CCCNC(c1ccccc1OCCC)C(C)(C)OC. The topological polar surface area (TPSA) is 30.5 Å². The van der Waals surface area contributed by atoms with Gasteiger partial charge in [0.2, 0.25) is 0 Å². The zero-order valence-electron chi connectivity index (χ0n) is 13.5. The van der Waals surface area contributed by atoms with Gasteiger partial charge < -0.3 is 14.8 Å². The van der Waals surface area contributed by atoms with Crippen molar-refractivity contribution in [2.75, 3.05) is 20.3 Å². The van der Waals surface area contributed by atoms with Crippen molar-refractivity contribution in [2.45, 2.75) is 52.2 Å². The number of hydrogen-bond acceptors (Lipinski definition) is 3. The fourth-order valence-corrected chi connectivity index (χ4v) is 2.20. The van der Waals surface area contributed by atoms with E-state index >= 15 is 0 Å². The van der Waals surface area contributed by atoms with Crippen molar-refractivity contribution in [3.05, 3.63) is 29.8 Å². The number of benzene rings is 1. The van der Waals surface area contributed by atoms with Crippen LogP contribution in [0.25, 0.3) is 0 Å². The van der Waals surface area contributed by atoms with Crippen LogP contribution in [0.5, 0.6) is 5.75 Å². The first kappa shape index (κ1) is 17.0. The lowest BCUT2D eigenvalue weighted by molar-refractivity contribution is -0.0117. The third-order valence-corrected chi connectivity index (χ3v) is 3.51. The first-order valence-corrected chi connectivity index (χ1v) is 7.57. The molecule has 3 heteroatoms. The summed E-state index contributed by atoms with van der Waals surface area (Å²) in [5.74, 6) is 0.952. The van der Waals surface area contributed by atoms with Gasteiger partial charge in [-0.05, 0) is 39.3 Å². The summed E-state index contributed by atoms with van der Waals surface area (Å²) in [5, 5.41) is 3.59. The molecule has 0 bridgehead atoms. The summed E-state index contributed by atoms with van der Waals surface area (Å²) in [6, 6.07) is 8.35.